The number of halogens is 1. The molecule has 20 heavy (non-hydrogen) atoms. The Morgan fingerprint density at radius 1 is 1.10 bits per heavy atom. The van der Waals surface area contributed by atoms with Crippen LogP contribution in [0.2, 0.25) is 0 Å². The van der Waals surface area contributed by atoms with Gasteiger partial charge in [-0.15, -0.1) is 0 Å². The van der Waals surface area contributed by atoms with Crippen LogP contribution in [0, 0.1) is 5.82 Å². The van der Waals surface area contributed by atoms with E-state index in [0.717, 1.165) is 23.0 Å². The zero-order valence-electron chi connectivity index (χ0n) is 11.9. The zero-order valence-corrected chi connectivity index (χ0v) is 11.9. The fourth-order valence-electron chi connectivity index (χ4n) is 1.74. The van der Waals surface area contributed by atoms with E-state index in [9.17, 15) is 4.39 Å². The summed E-state index contributed by atoms with van der Waals surface area (Å²) in [5.74, 6) is 2.37. The lowest BCUT2D eigenvalue weighted by molar-refractivity contribution is 0.627. The van der Waals surface area contributed by atoms with Gasteiger partial charge < -0.3 is 10.6 Å². The normalized spacial score (nSPS) is 10.7. The van der Waals surface area contributed by atoms with Gasteiger partial charge in [-0.05, 0) is 17.7 Å². The first-order chi connectivity index (χ1) is 9.58. The summed E-state index contributed by atoms with van der Waals surface area (Å²) in [4.78, 5) is 8.88. The minimum Gasteiger partial charge on any atom is -0.373 e. The van der Waals surface area contributed by atoms with Crippen LogP contribution >= 0.6 is 0 Å². The zero-order chi connectivity index (χ0) is 14.5. The van der Waals surface area contributed by atoms with Crippen molar-refractivity contribution >= 4 is 11.6 Å². The highest BCUT2D eigenvalue weighted by Crippen LogP contribution is 2.17. The fourth-order valence-corrected chi connectivity index (χ4v) is 1.74. The third-order valence-electron chi connectivity index (χ3n) is 2.90. The predicted octanol–water partition coefficient (Wildman–Crippen LogP) is 3.39. The van der Waals surface area contributed by atoms with Crippen LogP contribution in [-0.2, 0) is 6.54 Å². The van der Waals surface area contributed by atoms with E-state index in [1.54, 1.807) is 12.1 Å². The van der Waals surface area contributed by atoms with Crippen molar-refractivity contribution < 1.29 is 4.39 Å². The second-order valence-electron chi connectivity index (χ2n) is 4.88. The molecule has 1 heterocycles. The highest BCUT2D eigenvalue weighted by Gasteiger charge is 2.07. The van der Waals surface area contributed by atoms with E-state index in [1.165, 1.54) is 12.1 Å². The van der Waals surface area contributed by atoms with Crippen LogP contribution in [0.1, 0.15) is 31.2 Å². The summed E-state index contributed by atoms with van der Waals surface area (Å²) in [7, 11) is 1.83. The lowest BCUT2D eigenvalue weighted by Gasteiger charge is -2.11. The van der Waals surface area contributed by atoms with Crippen LogP contribution < -0.4 is 10.6 Å². The first-order valence-electron chi connectivity index (χ1n) is 6.63. The Bertz CT molecular complexity index is 567. The number of rotatable bonds is 5. The second-order valence-corrected chi connectivity index (χ2v) is 4.88. The maximum absolute atomic E-state index is 12.8. The summed E-state index contributed by atoms with van der Waals surface area (Å²) in [5.41, 5.74) is 1.00. The van der Waals surface area contributed by atoms with E-state index in [0.29, 0.717) is 6.54 Å². The Labute approximate surface area is 118 Å². The lowest BCUT2D eigenvalue weighted by atomic mass is 10.2. The second kappa shape index (κ2) is 6.32. The maximum atomic E-state index is 12.8. The molecule has 4 nitrogen and oxygen atoms in total. The summed E-state index contributed by atoms with van der Waals surface area (Å²) in [6, 6.07) is 8.28. The van der Waals surface area contributed by atoms with Gasteiger partial charge in [-0.25, -0.2) is 14.4 Å². The monoisotopic (exact) mass is 274 g/mol. The minimum atomic E-state index is -0.227. The molecule has 0 aliphatic heterocycles. The first-order valence-corrected chi connectivity index (χ1v) is 6.63. The maximum Gasteiger partial charge on any atom is 0.135 e. The molecule has 0 saturated carbocycles. The van der Waals surface area contributed by atoms with Crippen LogP contribution in [0.4, 0.5) is 16.0 Å². The van der Waals surface area contributed by atoms with Gasteiger partial charge in [0.15, 0.2) is 0 Å². The molecule has 0 aliphatic rings. The molecule has 2 rings (SSSR count). The number of benzene rings is 1. The molecule has 2 N–H and O–H groups in total. The van der Waals surface area contributed by atoms with Gasteiger partial charge in [0.05, 0.1) is 0 Å². The molecule has 0 unspecified atom stereocenters. The Balaban J connectivity index is 2.12. The van der Waals surface area contributed by atoms with Crippen LogP contribution in [0.25, 0.3) is 0 Å². The topological polar surface area (TPSA) is 49.8 Å². The van der Waals surface area contributed by atoms with Crippen molar-refractivity contribution in [3.05, 3.63) is 47.5 Å². The summed E-state index contributed by atoms with van der Waals surface area (Å²) in [6.45, 7) is 4.70. The summed E-state index contributed by atoms with van der Waals surface area (Å²) < 4.78 is 12.8. The molecule has 106 valence electrons. The van der Waals surface area contributed by atoms with Crippen molar-refractivity contribution in [1.29, 1.82) is 0 Å². The SMILES string of the molecule is CNc1cc(NCc2ccc(F)cc2)nc(C(C)C)n1. The van der Waals surface area contributed by atoms with Crippen LogP contribution in [0.15, 0.2) is 30.3 Å². The lowest BCUT2D eigenvalue weighted by Crippen LogP contribution is -2.07. The van der Waals surface area contributed by atoms with Crippen molar-refractivity contribution in [3.63, 3.8) is 0 Å². The smallest absolute Gasteiger partial charge is 0.135 e. The van der Waals surface area contributed by atoms with E-state index in [-0.39, 0.29) is 11.7 Å². The molecule has 0 spiro atoms. The summed E-state index contributed by atoms with van der Waals surface area (Å²) >= 11 is 0. The molecule has 1 aromatic heterocycles. The molecule has 0 fully saturated rings. The molecule has 0 bridgehead atoms. The largest absolute Gasteiger partial charge is 0.373 e. The van der Waals surface area contributed by atoms with Crippen molar-refractivity contribution in [1.82, 2.24) is 9.97 Å². The number of nitrogens with one attached hydrogen (secondary N) is 2. The summed E-state index contributed by atoms with van der Waals surface area (Å²) in [5, 5.41) is 6.26. The van der Waals surface area contributed by atoms with Gasteiger partial charge in [0.25, 0.3) is 0 Å². The molecule has 5 heteroatoms. The van der Waals surface area contributed by atoms with Gasteiger partial charge in [-0.2, -0.15) is 0 Å². The highest BCUT2D eigenvalue weighted by atomic mass is 19.1. The Kier molecular flexibility index (Phi) is 4.50. The van der Waals surface area contributed by atoms with Gasteiger partial charge in [0.1, 0.15) is 23.3 Å². The molecule has 0 saturated heterocycles. The fraction of sp³-hybridized carbons (Fsp3) is 0.333. The third kappa shape index (κ3) is 3.66. The standard InChI is InChI=1S/C15H19FN4/c1-10(2)15-19-13(17-3)8-14(20-15)18-9-11-4-6-12(16)7-5-11/h4-8,10H,9H2,1-3H3,(H2,17,18,19,20). The molecule has 0 aliphatic carbocycles. The highest BCUT2D eigenvalue weighted by molar-refractivity contribution is 5.47. The quantitative estimate of drug-likeness (QED) is 0.877. The number of nitrogens with zero attached hydrogens (tertiary/aromatic N) is 2. The van der Waals surface area contributed by atoms with E-state index >= 15 is 0 Å². The summed E-state index contributed by atoms with van der Waals surface area (Å²) in [6.07, 6.45) is 0. The van der Waals surface area contributed by atoms with E-state index in [4.69, 9.17) is 0 Å². The molecule has 0 atom stereocenters. The Hall–Kier alpha value is -2.17. The van der Waals surface area contributed by atoms with Gasteiger partial charge in [0, 0.05) is 25.6 Å². The number of aromatic nitrogens is 2. The average molecular weight is 274 g/mol. The van der Waals surface area contributed by atoms with Crippen molar-refractivity contribution in [2.45, 2.75) is 26.3 Å². The number of anilines is 2. The van der Waals surface area contributed by atoms with Crippen LogP contribution in [-0.4, -0.2) is 17.0 Å². The number of hydrogen-bond acceptors (Lipinski definition) is 4. The Morgan fingerprint density at radius 2 is 1.75 bits per heavy atom. The first kappa shape index (κ1) is 14.2. The molecule has 1 aromatic carbocycles. The van der Waals surface area contributed by atoms with Gasteiger partial charge in [-0.1, -0.05) is 26.0 Å². The van der Waals surface area contributed by atoms with E-state index in [1.807, 2.05) is 13.1 Å². The number of hydrogen-bond donors (Lipinski definition) is 2. The molecule has 0 radical (unpaired) electrons. The van der Waals surface area contributed by atoms with E-state index < -0.39 is 0 Å². The van der Waals surface area contributed by atoms with Crippen molar-refractivity contribution in [3.8, 4) is 0 Å². The Morgan fingerprint density at radius 3 is 2.35 bits per heavy atom. The molecular formula is C15H19FN4. The van der Waals surface area contributed by atoms with Crippen molar-refractivity contribution in [2.75, 3.05) is 17.7 Å². The average Bonchev–Trinajstić information content (AvgIpc) is 2.46. The molecule has 2 aromatic rings. The van der Waals surface area contributed by atoms with Crippen molar-refractivity contribution in [2.24, 2.45) is 0 Å². The molecule has 0 amide bonds. The van der Waals surface area contributed by atoms with Gasteiger partial charge in [0.2, 0.25) is 0 Å². The third-order valence-corrected chi connectivity index (χ3v) is 2.90. The minimum absolute atomic E-state index is 0.227. The van der Waals surface area contributed by atoms with Crippen LogP contribution in [0.3, 0.4) is 0 Å². The van der Waals surface area contributed by atoms with Gasteiger partial charge >= 0.3 is 0 Å². The van der Waals surface area contributed by atoms with Gasteiger partial charge in [-0.3, -0.25) is 0 Å². The molecular weight excluding hydrogens is 255 g/mol. The van der Waals surface area contributed by atoms with E-state index in [2.05, 4.69) is 34.4 Å². The van der Waals surface area contributed by atoms with Crippen LogP contribution in [0.5, 0.6) is 0 Å². The predicted molar refractivity (Wildman–Crippen MR) is 79.4 cm³/mol.